The van der Waals surface area contributed by atoms with Gasteiger partial charge in [-0.2, -0.15) is 0 Å². The second kappa shape index (κ2) is 6.58. The Bertz CT molecular complexity index is 841. The van der Waals surface area contributed by atoms with Crippen LogP contribution < -0.4 is 20.1 Å². The van der Waals surface area contributed by atoms with E-state index >= 15 is 0 Å². The highest BCUT2D eigenvalue weighted by atomic mass is 35.5. The topological polar surface area (TPSA) is 59.6 Å². The average molecular weight is 357 g/mol. The number of hydrogen-bond donors (Lipinski definition) is 2. The van der Waals surface area contributed by atoms with E-state index in [1.165, 1.54) is 0 Å². The van der Waals surface area contributed by atoms with Crippen molar-refractivity contribution in [3.8, 4) is 23.8 Å². The van der Waals surface area contributed by atoms with Gasteiger partial charge in [-0.3, -0.25) is 0 Å². The van der Waals surface area contributed by atoms with Crippen molar-refractivity contribution in [2.24, 2.45) is 0 Å². The van der Waals surface area contributed by atoms with E-state index in [9.17, 15) is 4.79 Å². The van der Waals surface area contributed by atoms with E-state index in [0.717, 1.165) is 5.56 Å². The van der Waals surface area contributed by atoms with Gasteiger partial charge in [-0.25, -0.2) is 4.79 Å². The SMILES string of the molecule is C#CC(C)(C)NC(=O)Nc1ccc2c(c1)OC(c1ccc(Cl)cc1)O2. The van der Waals surface area contributed by atoms with Gasteiger partial charge in [-0.15, -0.1) is 6.42 Å². The molecule has 0 aliphatic carbocycles. The number of ether oxygens (including phenoxy) is 2. The molecule has 2 aromatic rings. The zero-order valence-corrected chi connectivity index (χ0v) is 14.6. The van der Waals surface area contributed by atoms with Crippen molar-refractivity contribution < 1.29 is 14.3 Å². The van der Waals surface area contributed by atoms with Crippen molar-refractivity contribution in [3.05, 3.63) is 53.1 Å². The maximum Gasteiger partial charge on any atom is 0.320 e. The van der Waals surface area contributed by atoms with Crippen LogP contribution in [-0.4, -0.2) is 11.6 Å². The third-order valence-corrected chi connectivity index (χ3v) is 3.85. The van der Waals surface area contributed by atoms with E-state index in [4.69, 9.17) is 27.5 Å². The number of carbonyl (C=O) groups is 1. The van der Waals surface area contributed by atoms with Crippen molar-refractivity contribution in [1.82, 2.24) is 5.32 Å². The monoisotopic (exact) mass is 356 g/mol. The number of carbonyl (C=O) groups excluding carboxylic acids is 1. The molecule has 5 nitrogen and oxygen atoms in total. The Kier molecular flexibility index (Phi) is 4.47. The van der Waals surface area contributed by atoms with Gasteiger partial charge in [0.25, 0.3) is 6.29 Å². The summed E-state index contributed by atoms with van der Waals surface area (Å²) in [5.74, 6) is 3.66. The van der Waals surface area contributed by atoms with Crippen LogP contribution in [0.1, 0.15) is 25.7 Å². The van der Waals surface area contributed by atoms with Crippen molar-refractivity contribution in [2.75, 3.05) is 5.32 Å². The molecule has 1 aliphatic heterocycles. The van der Waals surface area contributed by atoms with Gasteiger partial charge in [0.2, 0.25) is 0 Å². The number of amides is 2. The highest BCUT2D eigenvalue weighted by Gasteiger charge is 2.26. The Labute approximate surface area is 151 Å². The Morgan fingerprint density at radius 3 is 2.52 bits per heavy atom. The Morgan fingerprint density at radius 2 is 1.84 bits per heavy atom. The smallest absolute Gasteiger partial charge is 0.320 e. The molecule has 0 saturated carbocycles. The summed E-state index contributed by atoms with van der Waals surface area (Å²) in [6.07, 6.45) is 4.82. The van der Waals surface area contributed by atoms with Crippen LogP contribution >= 0.6 is 11.6 Å². The molecule has 1 aliphatic rings. The maximum atomic E-state index is 12.0. The van der Waals surface area contributed by atoms with Gasteiger partial charge in [0.1, 0.15) is 0 Å². The van der Waals surface area contributed by atoms with Crippen molar-refractivity contribution in [2.45, 2.75) is 25.7 Å². The van der Waals surface area contributed by atoms with Gasteiger partial charge in [0.15, 0.2) is 11.5 Å². The third kappa shape index (κ3) is 3.98. The maximum absolute atomic E-state index is 12.0. The largest absolute Gasteiger partial charge is 0.447 e. The number of anilines is 1. The minimum atomic E-state index is -0.736. The second-order valence-electron chi connectivity index (χ2n) is 6.13. The second-order valence-corrected chi connectivity index (χ2v) is 6.57. The van der Waals surface area contributed by atoms with Crippen molar-refractivity contribution >= 4 is 23.3 Å². The Hall–Kier alpha value is -2.84. The van der Waals surface area contributed by atoms with Crippen molar-refractivity contribution in [1.29, 1.82) is 0 Å². The average Bonchev–Trinajstić information content (AvgIpc) is 2.98. The summed E-state index contributed by atoms with van der Waals surface area (Å²) in [6.45, 7) is 3.48. The van der Waals surface area contributed by atoms with Gasteiger partial charge in [0, 0.05) is 22.3 Å². The molecule has 1 unspecified atom stereocenters. The summed E-state index contributed by atoms with van der Waals surface area (Å²) in [7, 11) is 0. The first-order chi connectivity index (χ1) is 11.9. The molecule has 0 radical (unpaired) electrons. The number of hydrogen-bond acceptors (Lipinski definition) is 3. The summed E-state index contributed by atoms with van der Waals surface area (Å²) in [5, 5.41) is 6.06. The van der Waals surface area contributed by atoms with Gasteiger partial charge < -0.3 is 20.1 Å². The lowest BCUT2D eigenvalue weighted by atomic mass is 10.1. The standard InChI is InChI=1S/C19H17ClN2O3/c1-4-19(2,3)22-18(23)21-14-9-10-15-16(11-14)25-17(24-15)12-5-7-13(20)8-6-12/h1,5-11,17H,2-3H3,(H2,21,22,23). The summed E-state index contributed by atoms with van der Waals surface area (Å²) < 4.78 is 11.6. The molecule has 1 heterocycles. The van der Waals surface area contributed by atoms with Crippen LogP contribution in [-0.2, 0) is 0 Å². The van der Waals surface area contributed by atoms with Crippen LogP contribution in [0, 0.1) is 12.3 Å². The normalized spacial score (nSPS) is 15.4. The van der Waals surface area contributed by atoms with Gasteiger partial charge in [-0.05, 0) is 38.1 Å². The number of terminal acetylenes is 1. The quantitative estimate of drug-likeness (QED) is 0.804. The summed E-state index contributed by atoms with van der Waals surface area (Å²) in [4.78, 5) is 12.0. The fourth-order valence-electron chi connectivity index (χ4n) is 2.27. The zero-order chi connectivity index (χ0) is 18.0. The predicted molar refractivity (Wildman–Crippen MR) is 97.0 cm³/mol. The minimum absolute atomic E-state index is 0.393. The number of nitrogens with one attached hydrogen (secondary N) is 2. The summed E-state index contributed by atoms with van der Waals surface area (Å²) >= 11 is 5.89. The first-order valence-electron chi connectivity index (χ1n) is 7.66. The number of benzene rings is 2. The lowest BCUT2D eigenvalue weighted by Crippen LogP contribution is -2.44. The van der Waals surface area contributed by atoms with E-state index in [2.05, 4.69) is 16.6 Å². The first-order valence-corrected chi connectivity index (χ1v) is 8.04. The molecule has 2 amide bonds. The molecule has 0 fully saturated rings. The summed E-state index contributed by atoms with van der Waals surface area (Å²) in [6, 6.07) is 12.0. The molecule has 2 N–H and O–H groups in total. The molecule has 6 heteroatoms. The first kappa shape index (κ1) is 17.0. The van der Waals surface area contributed by atoms with E-state index in [1.807, 2.05) is 12.1 Å². The molecule has 3 rings (SSSR count). The molecule has 0 spiro atoms. The Morgan fingerprint density at radius 1 is 1.16 bits per heavy atom. The molecular weight excluding hydrogens is 340 g/mol. The fourth-order valence-corrected chi connectivity index (χ4v) is 2.39. The van der Waals surface area contributed by atoms with E-state index in [0.29, 0.717) is 22.2 Å². The van der Waals surface area contributed by atoms with Crippen LogP contribution in [0.25, 0.3) is 0 Å². The van der Waals surface area contributed by atoms with E-state index in [1.54, 1.807) is 44.2 Å². The van der Waals surface area contributed by atoms with Crippen LogP contribution in [0.2, 0.25) is 5.02 Å². The van der Waals surface area contributed by atoms with Crippen molar-refractivity contribution in [3.63, 3.8) is 0 Å². The van der Waals surface area contributed by atoms with Crippen LogP contribution in [0.4, 0.5) is 10.5 Å². The predicted octanol–water partition coefficient (Wildman–Crippen LogP) is 4.34. The number of halogens is 1. The zero-order valence-electron chi connectivity index (χ0n) is 13.8. The number of urea groups is 1. The van der Waals surface area contributed by atoms with Crippen LogP contribution in [0.3, 0.4) is 0 Å². The van der Waals surface area contributed by atoms with Crippen LogP contribution in [0.15, 0.2) is 42.5 Å². The van der Waals surface area contributed by atoms with Crippen LogP contribution in [0.5, 0.6) is 11.5 Å². The Balaban J connectivity index is 1.69. The van der Waals surface area contributed by atoms with E-state index < -0.39 is 17.9 Å². The lowest BCUT2D eigenvalue weighted by molar-refractivity contribution is 0.0487. The van der Waals surface area contributed by atoms with E-state index in [-0.39, 0.29) is 0 Å². The molecule has 2 aromatic carbocycles. The fraction of sp³-hybridized carbons (Fsp3) is 0.211. The summed E-state index contributed by atoms with van der Waals surface area (Å²) in [5.41, 5.74) is 0.688. The van der Waals surface area contributed by atoms with Gasteiger partial charge >= 0.3 is 6.03 Å². The molecule has 0 bridgehead atoms. The highest BCUT2D eigenvalue weighted by Crippen LogP contribution is 2.42. The molecule has 0 aromatic heterocycles. The van der Waals surface area contributed by atoms with Gasteiger partial charge in [0.05, 0.1) is 5.54 Å². The highest BCUT2D eigenvalue weighted by molar-refractivity contribution is 6.30. The number of fused-ring (bicyclic) bond motifs is 1. The molecule has 128 valence electrons. The molecular formula is C19H17ClN2O3. The molecule has 1 atom stereocenters. The molecule has 0 saturated heterocycles. The molecule has 25 heavy (non-hydrogen) atoms. The van der Waals surface area contributed by atoms with Gasteiger partial charge in [-0.1, -0.05) is 29.7 Å². The number of rotatable bonds is 3. The minimum Gasteiger partial charge on any atom is -0.447 e. The lowest BCUT2D eigenvalue weighted by Gasteiger charge is -2.19. The third-order valence-electron chi connectivity index (χ3n) is 3.60.